The molecule has 1 unspecified atom stereocenters. The molecule has 1 aliphatic heterocycles. The summed E-state index contributed by atoms with van der Waals surface area (Å²) in [6.45, 7) is 1.54. The lowest BCUT2D eigenvalue weighted by Crippen LogP contribution is -2.32. The maximum atomic E-state index is 12.7. The highest BCUT2D eigenvalue weighted by Gasteiger charge is 2.23. The van der Waals surface area contributed by atoms with Crippen molar-refractivity contribution >= 4 is 27.5 Å². The molecule has 9 heteroatoms. The van der Waals surface area contributed by atoms with Crippen molar-refractivity contribution in [3.8, 4) is 0 Å². The van der Waals surface area contributed by atoms with Gasteiger partial charge in [-0.1, -0.05) is 35.9 Å². The fourth-order valence-corrected chi connectivity index (χ4v) is 4.83. The molecule has 2 aromatic rings. The van der Waals surface area contributed by atoms with Crippen LogP contribution in [-0.4, -0.2) is 40.7 Å². The van der Waals surface area contributed by atoms with Crippen LogP contribution in [0.4, 0.5) is 0 Å². The van der Waals surface area contributed by atoms with E-state index in [1.54, 1.807) is 7.11 Å². The van der Waals surface area contributed by atoms with Gasteiger partial charge >= 0.3 is 0 Å². The minimum atomic E-state index is -3.87. The normalized spacial score (nSPS) is 16.5. The van der Waals surface area contributed by atoms with Gasteiger partial charge < -0.3 is 14.8 Å². The Morgan fingerprint density at radius 2 is 2.00 bits per heavy atom. The first-order chi connectivity index (χ1) is 14.4. The number of hydrogen-bond acceptors (Lipinski definition) is 5. The van der Waals surface area contributed by atoms with Crippen molar-refractivity contribution in [2.24, 2.45) is 0 Å². The first-order valence-corrected chi connectivity index (χ1v) is 11.5. The number of halogens is 1. The Balaban J connectivity index is 1.70. The molecule has 3 rings (SSSR count). The molecule has 1 fully saturated rings. The molecule has 0 aliphatic carbocycles. The summed E-state index contributed by atoms with van der Waals surface area (Å²) in [7, 11) is -2.27. The van der Waals surface area contributed by atoms with E-state index in [9.17, 15) is 13.2 Å². The van der Waals surface area contributed by atoms with E-state index in [1.165, 1.54) is 18.2 Å². The highest BCUT2D eigenvalue weighted by molar-refractivity contribution is 7.89. The lowest BCUT2D eigenvalue weighted by molar-refractivity contribution is 0.0950. The summed E-state index contributed by atoms with van der Waals surface area (Å²) in [5.74, 6) is -0.394. The van der Waals surface area contributed by atoms with E-state index in [1.807, 2.05) is 24.3 Å². The largest absolute Gasteiger partial charge is 0.380 e. The van der Waals surface area contributed by atoms with Gasteiger partial charge in [0.2, 0.25) is 10.0 Å². The van der Waals surface area contributed by atoms with Crippen LogP contribution in [0.3, 0.4) is 0 Å². The zero-order chi connectivity index (χ0) is 21.6. The number of hydrogen-bond donors (Lipinski definition) is 2. The monoisotopic (exact) mass is 452 g/mol. The van der Waals surface area contributed by atoms with E-state index in [4.69, 9.17) is 21.1 Å². The average Bonchev–Trinajstić information content (AvgIpc) is 3.26. The van der Waals surface area contributed by atoms with Crippen LogP contribution in [0.2, 0.25) is 5.02 Å². The molecular weight excluding hydrogens is 428 g/mol. The van der Waals surface area contributed by atoms with Crippen LogP contribution in [0.15, 0.2) is 47.4 Å². The smallest absolute Gasteiger partial charge is 0.251 e. The van der Waals surface area contributed by atoms with Gasteiger partial charge in [-0.3, -0.25) is 4.79 Å². The van der Waals surface area contributed by atoms with Gasteiger partial charge in [0, 0.05) is 32.4 Å². The molecule has 1 atom stereocenters. The number of methoxy groups -OCH3 is 1. The van der Waals surface area contributed by atoms with Crippen LogP contribution in [0.1, 0.15) is 34.3 Å². The quantitative estimate of drug-likeness (QED) is 0.610. The molecule has 0 saturated carbocycles. The van der Waals surface area contributed by atoms with E-state index < -0.39 is 15.9 Å². The van der Waals surface area contributed by atoms with Crippen LogP contribution in [0.25, 0.3) is 0 Å². The molecule has 2 N–H and O–H groups in total. The first-order valence-electron chi connectivity index (χ1n) is 9.65. The fraction of sp³-hybridized carbons (Fsp3) is 0.381. The predicted octanol–water partition coefficient (Wildman–Crippen LogP) is 2.87. The van der Waals surface area contributed by atoms with Crippen molar-refractivity contribution in [3.63, 3.8) is 0 Å². The van der Waals surface area contributed by atoms with Crippen molar-refractivity contribution in [1.82, 2.24) is 10.0 Å². The highest BCUT2D eigenvalue weighted by atomic mass is 35.5. The second-order valence-corrected chi connectivity index (χ2v) is 9.16. The molecule has 1 amide bonds. The van der Waals surface area contributed by atoms with Crippen molar-refractivity contribution in [2.45, 2.75) is 37.0 Å². The average molecular weight is 453 g/mol. The molecule has 1 saturated heterocycles. The number of amides is 1. The van der Waals surface area contributed by atoms with Crippen LogP contribution < -0.4 is 10.0 Å². The molecular formula is C21H25ClN2O5S. The first kappa shape index (κ1) is 22.7. The fourth-order valence-electron chi connectivity index (χ4n) is 3.24. The molecule has 0 aromatic heterocycles. The lowest BCUT2D eigenvalue weighted by Gasteiger charge is -2.14. The summed E-state index contributed by atoms with van der Waals surface area (Å²) >= 11 is 6.11. The number of nitrogens with one attached hydrogen (secondary N) is 2. The molecule has 7 nitrogen and oxygen atoms in total. The van der Waals surface area contributed by atoms with Crippen LogP contribution in [0, 0.1) is 0 Å². The maximum absolute atomic E-state index is 12.7. The minimum absolute atomic E-state index is 0.0526. The van der Waals surface area contributed by atoms with Gasteiger partial charge in [-0.25, -0.2) is 13.1 Å². The molecule has 2 aromatic carbocycles. The van der Waals surface area contributed by atoms with Crippen molar-refractivity contribution in [2.75, 3.05) is 20.3 Å². The predicted molar refractivity (Wildman–Crippen MR) is 114 cm³/mol. The summed E-state index contributed by atoms with van der Waals surface area (Å²) in [4.78, 5) is 12.5. The Hall–Kier alpha value is -1.97. The molecule has 162 valence electrons. The molecule has 1 heterocycles. The Kier molecular flexibility index (Phi) is 7.85. The number of ether oxygens (including phenoxy) is 2. The Morgan fingerprint density at radius 1 is 1.23 bits per heavy atom. The summed E-state index contributed by atoms with van der Waals surface area (Å²) in [5.41, 5.74) is 2.10. The van der Waals surface area contributed by atoms with Crippen LogP contribution >= 0.6 is 11.6 Å². The number of carbonyl (C=O) groups is 1. The second kappa shape index (κ2) is 10.4. The van der Waals surface area contributed by atoms with Gasteiger partial charge in [0.1, 0.15) is 4.90 Å². The summed E-state index contributed by atoms with van der Waals surface area (Å²) < 4.78 is 38.5. The standard InChI is InChI=1S/C21H25ClN2O5S/c1-28-14-17-6-3-2-5-16(17)12-23-21(25)15-8-9-19(22)20(11-15)30(26,27)24-13-18-7-4-10-29-18/h2-3,5-6,8-9,11,18,24H,4,7,10,12-14H2,1H3,(H,23,25). The van der Waals surface area contributed by atoms with Crippen molar-refractivity contribution in [3.05, 3.63) is 64.2 Å². The molecule has 30 heavy (non-hydrogen) atoms. The molecule has 0 bridgehead atoms. The molecule has 1 aliphatic rings. The van der Waals surface area contributed by atoms with E-state index in [0.717, 1.165) is 24.0 Å². The zero-order valence-electron chi connectivity index (χ0n) is 16.7. The van der Waals surface area contributed by atoms with Crippen molar-refractivity contribution < 1.29 is 22.7 Å². The Morgan fingerprint density at radius 3 is 2.70 bits per heavy atom. The number of rotatable bonds is 9. The molecule has 0 radical (unpaired) electrons. The topological polar surface area (TPSA) is 93.7 Å². The maximum Gasteiger partial charge on any atom is 0.251 e. The van der Waals surface area contributed by atoms with E-state index in [2.05, 4.69) is 10.0 Å². The molecule has 0 spiro atoms. The summed E-state index contributed by atoms with van der Waals surface area (Å²) in [6, 6.07) is 11.8. The third kappa shape index (κ3) is 5.80. The van der Waals surface area contributed by atoms with E-state index in [0.29, 0.717) is 19.8 Å². The van der Waals surface area contributed by atoms with Gasteiger partial charge in [-0.05, 0) is 42.2 Å². The third-order valence-electron chi connectivity index (χ3n) is 4.87. The number of benzene rings is 2. The zero-order valence-corrected chi connectivity index (χ0v) is 18.3. The van der Waals surface area contributed by atoms with Gasteiger partial charge in [0.05, 0.1) is 17.7 Å². The number of sulfonamides is 1. The Bertz CT molecular complexity index is 991. The lowest BCUT2D eigenvalue weighted by atomic mass is 10.1. The SMILES string of the molecule is COCc1ccccc1CNC(=O)c1ccc(Cl)c(S(=O)(=O)NCC2CCCO2)c1. The van der Waals surface area contributed by atoms with E-state index in [-0.39, 0.29) is 28.1 Å². The number of carbonyl (C=O) groups excluding carboxylic acids is 1. The van der Waals surface area contributed by atoms with Gasteiger partial charge in [0.15, 0.2) is 0 Å². The second-order valence-electron chi connectivity index (χ2n) is 7.02. The van der Waals surface area contributed by atoms with Crippen LogP contribution in [-0.2, 0) is 32.6 Å². The van der Waals surface area contributed by atoms with Gasteiger partial charge in [-0.15, -0.1) is 0 Å². The van der Waals surface area contributed by atoms with Gasteiger partial charge in [-0.2, -0.15) is 0 Å². The third-order valence-corrected chi connectivity index (χ3v) is 6.77. The van der Waals surface area contributed by atoms with Gasteiger partial charge in [0.25, 0.3) is 5.91 Å². The van der Waals surface area contributed by atoms with Crippen LogP contribution in [0.5, 0.6) is 0 Å². The van der Waals surface area contributed by atoms with Crippen molar-refractivity contribution in [1.29, 1.82) is 0 Å². The van der Waals surface area contributed by atoms with E-state index >= 15 is 0 Å². The minimum Gasteiger partial charge on any atom is -0.380 e. The highest BCUT2D eigenvalue weighted by Crippen LogP contribution is 2.23. The summed E-state index contributed by atoms with van der Waals surface area (Å²) in [5, 5.41) is 2.87. The summed E-state index contributed by atoms with van der Waals surface area (Å²) in [6.07, 6.45) is 1.58. The Labute approximate surface area is 181 Å².